The third-order valence-electron chi connectivity index (χ3n) is 2.50. The highest BCUT2D eigenvalue weighted by molar-refractivity contribution is 8.30. The summed E-state index contributed by atoms with van der Waals surface area (Å²) in [6.07, 6.45) is 4.16. The van der Waals surface area contributed by atoms with Crippen molar-refractivity contribution in [1.29, 1.82) is 0 Å². The summed E-state index contributed by atoms with van der Waals surface area (Å²) < 4.78 is 2.85. The van der Waals surface area contributed by atoms with E-state index >= 15 is 0 Å². The molecule has 0 spiro atoms. The quantitative estimate of drug-likeness (QED) is 0.714. The first kappa shape index (κ1) is 10.6. The van der Waals surface area contributed by atoms with E-state index in [2.05, 4.69) is 41.6 Å². The average molecular weight is 293 g/mol. The minimum atomic E-state index is 1.36. The summed E-state index contributed by atoms with van der Waals surface area (Å²) in [5, 5.41) is 0. The van der Waals surface area contributed by atoms with E-state index in [0.717, 1.165) is 0 Å². The van der Waals surface area contributed by atoms with E-state index < -0.39 is 0 Å². The number of fused-ring (bicyclic) bond motifs is 2. The minimum Gasteiger partial charge on any atom is -0.366 e. The van der Waals surface area contributed by atoms with E-state index in [4.69, 9.17) is 0 Å². The lowest BCUT2D eigenvalue weighted by Crippen LogP contribution is -1.66. The Morgan fingerprint density at radius 1 is 0.647 bits per heavy atom. The Kier molecular flexibility index (Phi) is 2.54. The highest BCUT2D eigenvalue weighted by Gasteiger charge is 2.26. The van der Waals surface area contributed by atoms with Gasteiger partial charge >= 0.3 is 0 Å². The predicted molar refractivity (Wildman–Crippen MR) is 77.7 cm³/mol. The second kappa shape index (κ2) is 4.09. The molecule has 0 saturated carbocycles. The average Bonchev–Trinajstić information content (AvgIpc) is 3.01. The minimum absolute atomic E-state index is 1.36. The van der Waals surface area contributed by atoms with Crippen LogP contribution < -0.4 is 0 Å². The van der Waals surface area contributed by atoms with Gasteiger partial charge in [0.25, 0.3) is 0 Å². The second-order valence-corrected chi connectivity index (χ2v) is 8.34. The molecule has 4 rings (SSSR count). The van der Waals surface area contributed by atoms with E-state index in [1.807, 2.05) is 47.0 Å². The first-order valence-corrected chi connectivity index (χ1v) is 8.38. The van der Waals surface area contributed by atoms with Gasteiger partial charge < -0.3 is 4.98 Å². The molecule has 3 heterocycles. The number of H-pyrrole nitrogens is 1. The number of thioether (sulfide) groups is 4. The first-order chi connectivity index (χ1) is 8.40. The van der Waals surface area contributed by atoms with Crippen molar-refractivity contribution in [2.24, 2.45) is 0 Å². The number of aromatic nitrogens is 1. The number of rotatable bonds is 0. The van der Waals surface area contributed by atoms with Gasteiger partial charge in [-0.15, -0.1) is 0 Å². The molecule has 5 heteroatoms. The molecule has 0 unspecified atom stereocenters. The molecule has 1 nitrogen and oxygen atoms in total. The van der Waals surface area contributed by atoms with Crippen molar-refractivity contribution in [2.75, 3.05) is 0 Å². The molecule has 0 saturated heterocycles. The molecule has 0 fully saturated rings. The van der Waals surface area contributed by atoms with Crippen molar-refractivity contribution in [2.45, 2.75) is 19.6 Å². The topological polar surface area (TPSA) is 15.8 Å². The molecule has 1 aromatic heterocycles. The Bertz CT molecular complexity index is 579. The Balaban J connectivity index is 1.69. The molecule has 17 heavy (non-hydrogen) atoms. The van der Waals surface area contributed by atoms with Crippen LogP contribution in [-0.4, -0.2) is 4.98 Å². The maximum absolute atomic E-state index is 3.15. The molecule has 0 atom stereocenters. The number of aromatic amines is 1. The fourth-order valence-electron chi connectivity index (χ4n) is 1.72. The molecule has 84 valence electrons. The van der Waals surface area contributed by atoms with Gasteiger partial charge in [-0.05, 0) is 12.1 Å². The van der Waals surface area contributed by atoms with Gasteiger partial charge in [-0.3, -0.25) is 0 Å². The maximum atomic E-state index is 3.15. The predicted octanol–water partition coefficient (Wildman–Crippen LogP) is 5.24. The van der Waals surface area contributed by atoms with Crippen LogP contribution in [0, 0.1) is 0 Å². The summed E-state index contributed by atoms with van der Waals surface area (Å²) in [5.41, 5.74) is 0. The molecule has 1 aromatic carbocycles. The normalized spacial score (nSPS) is 17.4. The molecule has 0 radical (unpaired) electrons. The van der Waals surface area contributed by atoms with Crippen LogP contribution in [0.4, 0.5) is 0 Å². The molecule has 2 aromatic rings. The summed E-state index contributed by atoms with van der Waals surface area (Å²) in [4.78, 5) is 8.64. The van der Waals surface area contributed by atoms with Crippen molar-refractivity contribution in [1.82, 2.24) is 4.98 Å². The Labute approximate surface area is 116 Å². The van der Waals surface area contributed by atoms with Crippen molar-refractivity contribution in [3.05, 3.63) is 45.1 Å². The summed E-state index contributed by atoms with van der Waals surface area (Å²) in [6.45, 7) is 0. The van der Waals surface area contributed by atoms with Crippen molar-refractivity contribution in [3.8, 4) is 0 Å². The van der Waals surface area contributed by atoms with Crippen LogP contribution in [0.2, 0.25) is 0 Å². The number of hydrogen-bond acceptors (Lipinski definition) is 4. The molecule has 0 aliphatic carbocycles. The van der Waals surface area contributed by atoms with Crippen LogP contribution in [0.1, 0.15) is 0 Å². The third-order valence-corrected chi connectivity index (χ3v) is 8.10. The number of benzene rings is 1. The van der Waals surface area contributed by atoms with Gasteiger partial charge in [0, 0.05) is 32.0 Å². The van der Waals surface area contributed by atoms with Crippen LogP contribution in [0.15, 0.2) is 64.7 Å². The SMILES string of the molecule is c1ccc2c(c1)SC(=C1Sc3c[nH]cc3S1)S2. The summed E-state index contributed by atoms with van der Waals surface area (Å²) in [5.74, 6) is 0. The van der Waals surface area contributed by atoms with E-state index in [0.29, 0.717) is 0 Å². The summed E-state index contributed by atoms with van der Waals surface area (Å²) in [7, 11) is 0. The lowest BCUT2D eigenvalue weighted by atomic mass is 10.4. The van der Waals surface area contributed by atoms with Crippen LogP contribution >= 0.6 is 47.0 Å². The zero-order valence-corrected chi connectivity index (χ0v) is 11.9. The van der Waals surface area contributed by atoms with Gasteiger partial charge in [0.2, 0.25) is 0 Å². The Morgan fingerprint density at radius 3 is 1.65 bits per heavy atom. The monoisotopic (exact) mass is 293 g/mol. The summed E-state index contributed by atoms with van der Waals surface area (Å²) in [6, 6.07) is 8.62. The van der Waals surface area contributed by atoms with Gasteiger partial charge in [-0.2, -0.15) is 0 Å². The van der Waals surface area contributed by atoms with E-state index in [9.17, 15) is 0 Å². The molecule has 0 amide bonds. The van der Waals surface area contributed by atoms with E-state index in [1.165, 1.54) is 28.1 Å². The van der Waals surface area contributed by atoms with E-state index in [1.54, 1.807) is 0 Å². The van der Waals surface area contributed by atoms with Gasteiger partial charge in [-0.1, -0.05) is 59.2 Å². The van der Waals surface area contributed by atoms with Crippen molar-refractivity contribution in [3.63, 3.8) is 0 Å². The second-order valence-electron chi connectivity index (χ2n) is 3.61. The number of hydrogen-bond donors (Lipinski definition) is 1. The van der Waals surface area contributed by atoms with Gasteiger partial charge in [0.05, 0.1) is 8.47 Å². The van der Waals surface area contributed by atoms with Crippen LogP contribution in [-0.2, 0) is 0 Å². The molecule has 0 bridgehead atoms. The van der Waals surface area contributed by atoms with Crippen LogP contribution in [0.3, 0.4) is 0 Å². The highest BCUT2D eigenvalue weighted by Crippen LogP contribution is 2.61. The lowest BCUT2D eigenvalue weighted by molar-refractivity contribution is 1.27. The van der Waals surface area contributed by atoms with Crippen LogP contribution in [0.25, 0.3) is 0 Å². The fourth-order valence-corrected chi connectivity index (χ4v) is 6.97. The summed E-state index contributed by atoms with van der Waals surface area (Å²) >= 11 is 7.56. The van der Waals surface area contributed by atoms with Gasteiger partial charge in [-0.25, -0.2) is 0 Å². The molecular formula is C12H7NS4. The first-order valence-electron chi connectivity index (χ1n) is 5.12. The number of nitrogens with one attached hydrogen (secondary N) is 1. The van der Waals surface area contributed by atoms with Crippen molar-refractivity contribution < 1.29 is 0 Å². The molecule has 2 aliphatic rings. The van der Waals surface area contributed by atoms with Crippen molar-refractivity contribution >= 4 is 47.0 Å². The van der Waals surface area contributed by atoms with Gasteiger partial charge in [0.1, 0.15) is 0 Å². The zero-order chi connectivity index (χ0) is 11.2. The Morgan fingerprint density at radius 2 is 1.12 bits per heavy atom. The lowest BCUT2D eigenvalue weighted by Gasteiger charge is -1.98. The van der Waals surface area contributed by atoms with E-state index in [-0.39, 0.29) is 0 Å². The largest absolute Gasteiger partial charge is 0.366 e. The molecular weight excluding hydrogens is 286 g/mol. The highest BCUT2D eigenvalue weighted by atomic mass is 32.2. The smallest absolute Gasteiger partial charge is 0.0707 e. The fraction of sp³-hybridized carbons (Fsp3) is 0. The third kappa shape index (κ3) is 1.76. The Hall–Kier alpha value is -0.360. The molecule has 2 aliphatic heterocycles. The maximum Gasteiger partial charge on any atom is 0.0707 e. The standard InChI is InChI=1S/C12H7NS4/c1-2-4-8-7(3-1)14-11(15-8)12-16-9-5-13-6-10(9)17-12/h1-6,13H. The molecule has 1 N–H and O–H groups in total. The zero-order valence-electron chi connectivity index (χ0n) is 8.60. The van der Waals surface area contributed by atoms with Gasteiger partial charge in [0.15, 0.2) is 0 Å². The van der Waals surface area contributed by atoms with Crippen LogP contribution in [0.5, 0.6) is 0 Å².